The van der Waals surface area contributed by atoms with Crippen molar-refractivity contribution in [2.75, 3.05) is 11.9 Å². The van der Waals surface area contributed by atoms with Gasteiger partial charge in [-0.25, -0.2) is 9.97 Å². The first-order chi connectivity index (χ1) is 16.0. The Bertz CT molecular complexity index is 1180. The Morgan fingerprint density at radius 1 is 1.18 bits per heavy atom. The minimum absolute atomic E-state index is 0.0868. The van der Waals surface area contributed by atoms with Crippen LogP contribution in [0.15, 0.2) is 34.7 Å². The average molecular weight is 477 g/mol. The molecule has 2 heterocycles. The molecular weight excluding hydrogens is 451 g/mol. The zero-order valence-electron chi connectivity index (χ0n) is 18.9. The Kier molecular flexibility index (Phi) is 6.53. The molecule has 1 aliphatic carbocycles. The van der Waals surface area contributed by atoms with E-state index in [1.807, 2.05) is 0 Å². The van der Waals surface area contributed by atoms with Crippen LogP contribution in [0.3, 0.4) is 0 Å². The van der Waals surface area contributed by atoms with E-state index in [1.165, 1.54) is 18.6 Å². The molecule has 0 bridgehead atoms. The van der Waals surface area contributed by atoms with Crippen LogP contribution >= 0.6 is 0 Å². The second-order valence-corrected chi connectivity index (χ2v) is 9.16. The molecule has 7 nitrogen and oxygen atoms in total. The number of rotatable bonds is 6. The number of ether oxygens (including phenoxy) is 1. The summed E-state index contributed by atoms with van der Waals surface area (Å²) in [5.41, 5.74) is -1.60. The van der Waals surface area contributed by atoms with Gasteiger partial charge in [-0.2, -0.15) is 13.2 Å². The van der Waals surface area contributed by atoms with Crippen molar-refractivity contribution < 1.29 is 32.2 Å². The second kappa shape index (κ2) is 9.25. The lowest BCUT2D eigenvalue weighted by atomic mass is 9.89. The molecule has 0 atom stereocenters. The van der Waals surface area contributed by atoms with Gasteiger partial charge in [-0.3, -0.25) is 4.79 Å². The molecule has 1 aliphatic rings. The third-order valence-electron chi connectivity index (χ3n) is 5.56. The number of hydrogen-bond acceptors (Lipinski definition) is 6. The van der Waals surface area contributed by atoms with Gasteiger partial charge in [-0.1, -0.05) is 25.3 Å². The van der Waals surface area contributed by atoms with Crippen molar-refractivity contribution >= 4 is 22.7 Å². The largest absolute Gasteiger partial charge is 0.488 e. The summed E-state index contributed by atoms with van der Waals surface area (Å²) in [5, 5.41) is 12.6. The number of aromatic nitrogens is 2. The summed E-state index contributed by atoms with van der Waals surface area (Å²) < 4.78 is 50.7. The maximum absolute atomic E-state index is 13.0. The SMILES string of the molecule is CC(C)(O)COc1cc2nc(C3CCCCC3)oc2cc1NC(=O)c1cccc(C(F)(F)F)n1. The first-order valence-corrected chi connectivity index (χ1v) is 11.1. The number of pyridine rings is 1. The first-order valence-electron chi connectivity index (χ1n) is 11.1. The number of alkyl halides is 3. The van der Waals surface area contributed by atoms with E-state index >= 15 is 0 Å². The van der Waals surface area contributed by atoms with Crippen molar-refractivity contribution in [2.24, 2.45) is 0 Å². The van der Waals surface area contributed by atoms with Crippen LogP contribution in [0.4, 0.5) is 18.9 Å². The Balaban J connectivity index is 1.66. The third kappa shape index (κ3) is 5.67. The summed E-state index contributed by atoms with van der Waals surface area (Å²) in [6.45, 7) is 3.04. The van der Waals surface area contributed by atoms with Crippen molar-refractivity contribution in [3.8, 4) is 5.75 Å². The first kappa shape index (κ1) is 24.0. The minimum Gasteiger partial charge on any atom is -0.488 e. The molecule has 1 aromatic carbocycles. The molecule has 1 saturated carbocycles. The predicted molar refractivity (Wildman–Crippen MR) is 119 cm³/mol. The molecule has 34 heavy (non-hydrogen) atoms. The fraction of sp³-hybridized carbons (Fsp3) is 0.458. The van der Waals surface area contributed by atoms with Gasteiger partial charge < -0.3 is 19.6 Å². The van der Waals surface area contributed by atoms with Gasteiger partial charge in [0.15, 0.2) is 11.5 Å². The summed E-state index contributed by atoms with van der Waals surface area (Å²) in [7, 11) is 0. The monoisotopic (exact) mass is 477 g/mol. The fourth-order valence-electron chi connectivity index (χ4n) is 3.87. The van der Waals surface area contributed by atoms with Gasteiger partial charge in [0, 0.05) is 18.1 Å². The van der Waals surface area contributed by atoms with Gasteiger partial charge in [-0.05, 0) is 38.8 Å². The minimum atomic E-state index is -4.68. The molecule has 0 radical (unpaired) electrons. The van der Waals surface area contributed by atoms with Crippen molar-refractivity contribution in [2.45, 2.75) is 63.6 Å². The number of fused-ring (bicyclic) bond motifs is 1. The second-order valence-electron chi connectivity index (χ2n) is 9.16. The van der Waals surface area contributed by atoms with Crippen LogP contribution < -0.4 is 10.1 Å². The predicted octanol–water partition coefficient (Wildman–Crippen LogP) is 5.69. The Labute approximate surface area is 194 Å². The highest BCUT2D eigenvalue weighted by molar-refractivity contribution is 6.04. The number of anilines is 1. The number of nitrogens with one attached hydrogen (secondary N) is 1. The molecule has 1 fully saturated rings. The van der Waals surface area contributed by atoms with Gasteiger partial charge in [-0.15, -0.1) is 0 Å². The third-order valence-corrected chi connectivity index (χ3v) is 5.56. The molecule has 0 aliphatic heterocycles. The fourth-order valence-corrected chi connectivity index (χ4v) is 3.87. The number of benzene rings is 1. The number of halogens is 3. The van der Waals surface area contributed by atoms with Crippen LogP contribution in [0.1, 0.15) is 73.9 Å². The van der Waals surface area contributed by atoms with E-state index in [2.05, 4.69) is 15.3 Å². The molecule has 3 aromatic rings. The molecule has 2 N–H and O–H groups in total. The number of nitrogens with zero attached hydrogens (tertiary/aromatic N) is 2. The van der Waals surface area contributed by atoms with E-state index in [1.54, 1.807) is 19.9 Å². The van der Waals surface area contributed by atoms with E-state index in [-0.39, 0.29) is 24.0 Å². The van der Waals surface area contributed by atoms with Crippen LogP contribution in [-0.2, 0) is 6.18 Å². The highest BCUT2D eigenvalue weighted by Crippen LogP contribution is 2.37. The van der Waals surface area contributed by atoms with E-state index in [0.29, 0.717) is 17.0 Å². The molecule has 182 valence electrons. The number of oxazole rings is 1. The van der Waals surface area contributed by atoms with Crippen LogP contribution in [0, 0.1) is 0 Å². The lowest BCUT2D eigenvalue weighted by molar-refractivity contribution is -0.141. The van der Waals surface area contributed by atoms with Gasteiger partial charge in [0.1, 0.15) is 29.3 Å². The number of carbonyl (C=O) groups excluding carboxylic acids is 1. The van der Waals surface area contributed by atoms with Gasteiger partial charge in [0.25, 0.3) is 5.91 Å². The van der Waals surface area contributed by atoms with Crippen molar-refractivity contribution in [3.63, 3.8) is 0 Å². The topological polar surface area (TPSA) is 97.5 Å². The molecule has 0 saturated heterocycles. The van der Waals surface area contributed by atoms with E-state index < -0.39 is 29.1 Å². The summed E-state index contributed by atoms with van der Waals surface area (Å²) in [6, 6.07) is 6.22. The van der Waals surface area contributed by atoms with Gasteiger partial charge in [0.2, 0.25) is 0 Å². The lowest BCUT2D eigenvalue weighted by Gasteiger charge is -2.19. The molecular formula is C24H26F3N3O4. The van der Waals surface area contributed by atoms with Crippen molar-refractivity contribution in [1.29, 1.82) is 0 Å². The molecule has 10 heteroatoms. The number of aliphatic hydroxyl groups is 1. The van der Waals surface area contributed by atoms with Gasteiger partial charge >= 0.3 is 6.18 Å². The number of hydrogen-bond donors (Lipinski definition) is 2. The van der Waals surface area contributed by atoms with Crippen LogP contribution in [0.2, 0.25) is 0 Å². The van der Waals surface area contributed by atoms with E-state index in [0.717, 1.165) is 37.8 Å². The normalized spacial score (nSPS) is 15.5. The Morgan fingerprint density at radius 2 is 1.91 bits per heavy atom. The van der Waals surface area contributed by atoms with Gasteiger partial charge in [0.05, 0.1) is 11.3 Å². The highest BCUT2D eigenvalue weighted by Gasteiger charge is 2.33. The lowest BCUT2D eigenvalue weighted by Crippen LogP contribution is -2.28. The van der Waals surface area contributed by atoms with Crippen molar-refractivity contribution in [1.82, 2.24) is 9.97 Å². The standard InChI is InChI=1S/C24H26F3N3O4/c1-23(2,32)13-33-18-11-17-19(34-22(30-17)14-7-4-3-5-8-14)12-16(18)29-21(31)15-9-6-10-20(28-15)24(25,26)27/h6,9-12,14,32H,3-5,7-8,13H2,1-2H3,(H,29,31). The quantitative estimate of drug-likeness (QED) is 0.473. The maximum atomic E-state index is 13.0. The van der Waals surface area contributed by atoms with E-state index in [4.69, 9.17) is 9.15 Å². The molecule has 1 amide bonds. The maximum Gasteiger partial charge on any atom is 0.433 e. The van der Waals surface area contributed by atoms with E-state index in [9.17, 15) is 23.1 Å². The Morgan fingerprint density at radius 3 is 2.59 bits per heavy atom. The summed E-state index contributed by atoms with van der Waals surface area (Å²) in [5.74, 6) is 0.199. The zero-order chi connectivity index (χ0) is 24.5. The van der Waals surface area contributed by atoms with Crippen molar-refractivity contribution in [3.05, 3.63) is 47.6 Å². The van der Waals surface area contributed by atoms with Crippen LogP contribution in [0.25, 0.3) is 11.1 Å². The summed E-state index contributed by atoms with van der Waals surface area (Å²) in [6.07, 6.45) is 0.694. The molecule has 0 unspecified atom stereocenters. The smallest absolute Gasteiger partial charge is 0.433 e. The molecule has 4 rings (SSSR count). The number of amides is 1. The highest BCUT2D eigenvalue weighted by atomic mass is 19.4. The van der Waals surface area contributed by atoms with Crippen LogP contribution in [0.5, 0.6) is 5.75 Å². The zero-order valence-corrected chi connectivity index (χ0v) is 18.9. The Hall–Kier alpha value is -3.14. The average Bonchev–Trinajstić information content (AvgIpc) is 3.20. The molecule has 0 spiro atoms. The van der Waals surface area contributed by atoms with Crippen LogP contribution in [-0.4, -0.2) is 33.2 Å². The summed E-state index contributed by atoms with van der Waals surface area (Å²) >= 11 is 0. The number of carbonyl (C=O) groups is 1. The molecule has 2 aromatic heterocycles. The summed E-state index contributed by atoms with van der Waals surface area (Å²) in [4.78, 5) is 20.8.